The van der Waals surface area contributed by atoms with E-state index in [2.05, 4.69) is 0 Å². The van der Waals surface area contributed by atoms with E-state index in [0.717, 1.165) is 37.7 Å². The number of aryl methyl sites for hydroxylation is 2. The zero-order valence-electron chi connectivity index (χ0n) is 11.8. The highest BCUT2D eigenvalue weighted by molar-refractivity contribution is 7.89. The van der Waals surface area contributed by atoms with E-state index in [1.54, 1.807) is 12.1 Å². The van der Waals surface area contributed by atoms with E-state index in [1.807, 2.05) is 6.07 Å². The molecule has 1 saturated carbocycles. The van der Waals surface area contributed by atoms with Crippen molar-refractivity contribution in [3.8, 4) is 0 Å². The highest BCUT2D eigenvalue weighted by Crippen LogP contribution is 2.33. The number of carbonyl (C=O) groups is 1. The largest absolute Gasteiger partial charge is 0.481 e. The van der Waals surface area contributed by atoms with Crippen LogP contribution in [-0.2, 0) is 27.7 Å². The first-order chi connectivity index (χ1) is 9.98. The van der Waals surface area contributed by atoms with Gasteiger partial charge in [0.25, 0.3) is 0 Å². The third-order valence-corrected chi connectivity index (χ3v) is 6.12. The van der Waals surface area contributed by atoms with Crippen LogP contribution in [0.2, 0.25) is 0 Å². The molecule has 0 aliphatic heterocycles. The molecule has 1 aromatic carbocycles. The number of carboxylic acid groups (broad SMARTS) is 1. The van der Waals surface area contributed by atoms with E-state index in [4.69, 9.17) is 5.11 Å². The van der Waals surface area contributed by atoms with Crippen LogP contribution in [0.15, 0.2) is 23.1 Å². The summed E-state index contributed by atoms with van der Waals surface area (Å²) in [6, 6.07) is 5.31. The SMILES string of the molecule is O=C(O)CCN(C1CC1)S(=O)(=O)c1ccc2c(c1)CCC2. The lowest BCUT2D eigenvalue weighted by molar-refractivity contribution is -0.137. The van der Waals surface area contributed by atoms with Crippen molar-refractivity contribution in [2.45, 2.75) is 49.5 Å². The monoisotopic (exact) mass is 309 g/mol. The third kappa shape index (κ3) is 2.96. The molecule has 1 N–H and O–H groups in total. The molecule has 0 bridgehead atoms. The number of benzene rings is 1. The Morgan fingerprint density at radius 1 is 1.24 bits per heavy atom. The Labute approximate surface area is 124 Å². The van der Waals surface area contributed by atoms with Gasteiger partial charge < -0.3 is 5.11 Å². The second kappa shape index (κ2) is 5.42. The van der Waals surface area contributed by atoms with Gasteiger partial charge in [-0.3, -0.25) is 4.79 Å². The molecule has 21 heavy (non-hydrogen) atoms. The van der Waals surface area contributed by atoms with Crippen molar-refractivity contribution >= 4 is 16.0 Å². The molecule has 0 amide bonds. The quantitative estimate of drug-likeness (QED) is 0.869. The van der Waals surface area contributed by atoms with Crippen molar-refractivity contribution in [2.24, 2.45) is 0 Å². The molecule has 6 heteroatoms. The number of aliphatic carboxylic acids is 1. The molecule has 0 radical (unpaired) electrons. The van der Waals surface area contributed by atoms with E-state index in [9.17, 15) is 13.2 Å². The third-order valence-electron chi connectivity index (χ3n) is 4.18. The summed E-state index contributed by atoms with van der Waals surface area (Å²) in [5.74, 6) is -0.968. The molecule has 1 fully saturated rings. The fraction of sp³-hybridized carbons (Fsp3) is 0.533. The van der Waals surface area contributed by atoms with Gasteiger partial charge in [0.1, 0.15) is 0 Å². The van der Waals surface area contributed by atoms with Gasteiger partial charge >= 0.3 is 5.97 Å². The Balaban J connectivity index is 1.88. The minimum absolute atomic E-state index is 0.0254. The molecule has 114 valence electrons. The Morgan fingerprint density at radius 3 is 2.62 bits per heavy atom. The normalized spacial score (nSPS) is 18.0. The average molecular weight is 309 g/mol. The molecular formula is C15H19NO4S. The molecule has 1 aromatic rings. The maximum Gasteiger partial charge on any atom is 0.304 e. The van der Waals surface area contributed by atoms with E-state index >= 15 is 0 Å². The van der Waals surface area contributed by atoms with E-state index in [-0.39, 0.29) is 19.0 Å². The minimum Gasteiger partial charge on any atom is -0.481 e. The second-order valence-electron chi connectivity index (χ2n) is 5.77. The molecule has 3 rings (SSSR count). The van der Waals surface area contributed by atoms with Gasteiger partial charge in [-0.2, -0.15) is 4.31 Å². The highest BCUT2D eigenvalue weighted by Gasteiger charge is 2.38. The summed E-state index contributed by atoms with van der Waals surface area (Å²) in [4.78, 5) is 11.0. The lowest BCUT2D eigenvalue weighted by Gasteiger charge is -2.21. The molecule has 0 aromatic heterocycles. The molecule has 2 aliphatic carbocycles. The first-order valence-corrected chi connectivity index (χ1v) is 8.78. The zero-order chi connectivity index (χ0) is 15.0. The number of rotatable bonds is 6. The highest BCUT2D eigenvalue weighted by atomic mass is 32.2. The number of hydrogen-bond acceptors (Lipinski definition) is 3. The van der Waals surface area contributed by atoms with Crippen LogP contribution in [0, 0.1) is 0 Å². The summed E-state index contributed by atoms with van der Waals surface area (Å²) in [6.45, 7) is 0.0550. The second-order valence-corrected chi connectivity index (χ2v) is 7.67. The summed E-state index contributed by atoms with van der Waals surface area (Å²) in [7, 11) is -3.59. The van der Waals surface area contributed by atoms with Crippen molar-refractivity contribution in [1.82, 2.24) is 4.31 Å². The van der Waals surface area contributed by atoms with Crippen molar-refractivity contribution < 1.29 is 18.3 Å². The van der Waals surface area contributed by atoms with Gasteiger partial charge in [0.2, 0.25) is 10.0 Å². The van der Waals surface area contributed by atoms with Crippen LogP contribution in [-0.4, -0.2) is 36.4 Å². The summed E-state index contributed by atoms with van der Waals surface area (Å²) in [5.41, 5.74) is 2.35. The van der Waals surface area contributed by atoms with Crippen LogP contribution in [0.3, 0.4) is 0 Å². The van der Waals surface area contributed by atoms with Crippen LogP contribution in [0.1, 0.15) is 36.8 Å². The van der Waals surface area contributed by atoms with Crippen LogP contribution in [0.5, 0.6) is 0 Å². The summed E-state index contributed by atoms with van der Waals surface area (Å²) < 4.78 is 26.9. The number of fused-ring (bicyclic) bond motifs is 1. The first-order valence-electron chi connectivity index (χ1n) is 7.34. The van der Waals surface area contributed by atoms with Gasteiger partial charge in [-0.05, 0) is 55.4 Å². The van der Waals surface area contributed by atoms with Gasteiger partial charge in [-0.15, -0.1) is 0 Å². The van der Waals surface area contributed by atoms with Crippen LogP contribution < -0.4 is 0 Å². The smallest absolute Gasteiger partial charge is 0.304 e. The van der Waals surface area contributed by atoms with Gasteiger partial charge in [0.15, 0.2) is 0 Å². The lowest BCUT2D eigenvalue weighted by atomic mass is 10.1. The molecular weight excluding hydrogens is 290 g/mol. The van der Waals surface area contributed by atoms with Crippen LogP contribution in [0.25, 0.3) is 0 Å². The standard InChI is InChI=1S/C15H19NO4S/c17-15(18)8-9-16(13-5-6-13)21(19,20)14-7-4-11-2-1-3-12(11)10-14/h4,7,10,13H,1-3,5-6,8-9H2,(H,17,18). The summed E-state index contributed by atoms with van der Waals surface area (Å²) in [6.07, 6.45) is 4.51. The Bertz CT molecular complexity index is 664. The zero-order valence-corrected chi connectivity index (χ0v) is 12.6. The molecule has 0 saturated heterocycles. The van der Waals surface area contributed by atoms with E-state index in [0.29, 0.717) is 4.90 Å². The topological polar surface area (TPSA) is 74.7 Å². The Hall–Kier alpha value is -1.40. The van der Waals surface area contributed by atoms with Crippen molar-refractivity contribution in [3.05, 3.63) is 29.3 Å². The summed E-state index contributed by atoms with van der Waals surface area (Å²) in [5, 5.41) is 8.81. The maximum absolute atomic E-state index is 12.8. The molecule has 5 nitrogen and oxygen atoms in total. The maximum atomic E-state index is 12.8. The number of carboxylic acids is 1. The number of nitrogens with zero attached hydrogens (tertiary/aromatic N) is 1. The van der Waals surface area contributed by atoms with Crippen molar-refractivity contribution in [3.63, 3.8) is 0 Å². The molecule has 0 atom stereocenters. The van der Waals surface area contributed by atoms with Gasteiger partial charge in [-0.1, -0.05) is 6.07 Å². The fourth-order valence-electron chi connectivity index (χ4n) is 2.91. The van der Waals surface area contributed by atoms with Gasteiger partial charge in [-0.25, -0.2) is 8.42 Å². The number of sulfonamides is 1. The molecule has 0 heterocycles. The predicted octanol–water partition coefficient (Wildman–Crippen LogP) is 1.80. The van der Waals surface area contributed by atoms with E-state index in [1.165, 1.54) is 9.87 Å². The van der Waals surface area contributed by atoms with Crippen molar-refractivity contribution in [1.29, 1.82) is 0 Å². The Kier molecular flexibility index (Phi) is 3.75. The van der Waals surface area contributed by atoms with Crippen LogP contribution >= 0.6 is 0 Å². The first kappa shape index (κ1) is 14.5. The summed E-state index contributed by atoms with van der Waals surface area (Å²) >= 11 is 0. The predicted molar refractivity (Wildman–Crippen MR) is 77.6 cm³/mol. The van der Waals surface area contributed by atoms with Crippen LogP contribution in [0.4, 0.5) is 0 Å². The molecule has 0 spiro atoms. The minimum atomic E-state index is -3.59. The lowest BCUT2D eigenvalue weighted by Crippen LogP contribution is -2.35. The number of hydrogen-bond donors (Lipinski definition) is 1. The molecule has 2 aliphatic rings. The van der Waals surface area contributed by atoms with E-state index < -0.39 is 16.0 Å². The Morgan fingerprint density at radius 2 is 1.95 bits per heavy atom. The fourth-order valence-corrected chi connectivity index (χ4v) is 4.65. The average Bonchev–Trinajstić information content (AvgIpc) is 3.14. The van der Waals surface area contributed by atoms with Gasteiger partial charge in [0.05, 0.1) is 11.3 Å². The molecule has 0 unspecified atom stereocenters. The van der Waals surface area contributed by atoms with Gasteiger partial charge in [0, 0.05) is 12.6 Å². The van der Waals surface area contributed by atoms with Crippen molar-refractivity contribution in [2.75, 3.05) is 6.54 Å².